The van der Waals surface area contributed by atoms with Gasteiger partial charge < -0.3 is 10.2 Å². The Hall–Kier alpha value is -2.39. The highest BCUT2D eigenvalue weighted by Gasteiger charge is 2.26. The van der Waals surface area contributed by atoms with Gasteiger partial charge in [-0.15, -0.1) is 12.3 Å². The molecule has 0 radical (unpaired) electrons. The van der Waals surface area contributed by atoms with Crippen LogP contribution >= 0.6 is 0 Å². The number of terminal acetylenes is 1. The van der Waals surface area contributed by atoms with Crippen molar-refractivity contribution in [1.29, 1.82) is 0 Å². The smallest absolute Gasteiger partial charge is 0.259 e. The van der Waals surface area contributed by atoms with Crippen LogP contribution in [0.25, 0.3) is 0 Å². The van der Waals surface area contributed by atoms with E-state index in [1.807, 2.05) is 0 Å². The number of benzene rings is 1. The molecule has 2 rings (SSSR count). The average molecular weight is 345 g/mol. The fraction of sp³-hybridized carbons (Fsp3) is 0.474. The van der Waals surface area contributed by atoms with E-state index in [0.717, 1.165) is 6.54 Å². The van der Waals surface area contributed by atoms with Crippen LogP contribution in [-0.2, 0) is 4.79 Å². The molecule has 0 aliphatic carbocycles. The summed E-state index contributed by atoms with van der Waals surface area (Å²) >= 11 is 0. The lowest BCUT2D eigenvalue weighted by molar-refractivity contribution is -0.118. The van der Waals surface area contributed by atoms with Crippen LogP contribution in [0.1, 0.15) is 30.6 Å². The second kappa shape index (κ2) is 8.63. The van der Waals surface area contributed by atoms with Crippen LogP contribution in [0.15, 0.2) is 18.2 Å². The zero-order chi connectivity index (χ0) is 18.4. The molecule has 134 valence electrons. The van der Waals surface area contributed by atoms with Crippen molar-refractivity contribution in [2.24, 2.45) is 5.92 Å². The second-order valence-electron chi connectivity index (χ2n) is 6.39. The zero-order valence-electron chi connectivity index (χ0n) is 14.7. The van der Waals surface area contributed by atoms with Gasteiger partial charge in [0.15, 0.2) is 0 Å². The number of carbonyl (C=O) groups excluding carboxylic acids is 2. The predicted molar refractivity (Wildman–Crippen MR) is 95.7 cm³/mol. The summed E-state index contributed by atoms with van der Waals surface area (Å²) in [5.74, 6) is 1.08. The summed E-state index contributed by atoms with van der Waals surface area (Å²) in [4.78, 5) is 28.5. The Bertz CT molecular complexity index is 674. The number of nitrogens with one attached hydrogen (secondary N) is 1. The maximum absolute atomic E-state index is 14.3. The first-order valence-electron chi connectivity index (χ1n) is 8.48. The largest absolute Gasteiger partial charge is 0.336 e. The van der Waals surface area contributed by atoms with Crippen molar-refractivity contribution in [3.05, 3.63) is 29.6 Å². The molecule has 0 atom stereocenters. The van der Waals surface area contributed by atoms with Gasteiger partial charge in [0, 0.05) is 45.1 Å². The summed E-state index contributed by atoms with van der Waals surface area (Å²) in [6.07, 6.45) is 5.95. The summed E-state index contributed by atoms with van der Waals surface area (Å²) in [5, 5.41) is 2.65. The molecule has 1 saturated heterocycles. The molecule has 0 bridgehead atoms. The molecule has 1 heterocycles. The molecule has 1 N–H and O–H groups in total. The Labute approximate surface area is 148 Å². The molecule has 1 aliphatic heterocycles. The Morgan fingerprint density at radius 2 is 1.96 bits per heavy atom. The van der Waals surface area contributed by atoms with Crippen molar-refractivity contribution in [1.82, 2.24) is 9.80 Å². The quantitative estimate of drug-likeness (QED) is 0.833. The van der Waals surface area contributed by atoms with Crippen LogP contribution in [0.4, 0.5) is 10.1 Å². The van der Waals surface area contributed by atoms with Gasteiger partial charge in [-0.05, 0) is 12.1 Å². The molecule has 0 saturated carbocycles. The van der Waals surface area contributed by atoms with E-state index in [2.05, 4.69) is 16.1 Å². The van der Waals surface area contributed by atoms with Gasteiger partial charge in [-0.2, -0.15) is 0 Å². The average Bonchev–Trinajstić information content (AvgIpc) is 2.60. The van der Waals surface area contributed by atoms with E-state index in [1.165, 1.54) is 12.1 Å². The van der Waals surface area contributed by atoms with Gasteiger partial charge in [0.2, 0.25) is 5.91 Å². The molecule has 1 aliphatic rings. The summed E-state index contributed by atoms with van der Waals surface area (Å²) in [6, 6.07) is 4.28. The molecule has 0 aromatic heterocycles. The third-order valence-electron chi connectivity index (χ3n) is 4.24. The highest BCUT2D eigenvalue weighted by molar-refractivity contribution is 6.04. The van der Waals surface area contributed by atoms with Crippen LogP contribution in [0.2, 0.25) is 0 Å². The van der Waals surface area contributed by atoms with Gasteiger partial charge in [-0.25, -0.2) is 4.39 Å². The lowest BCUT2D eigenvalue weighted by Gasteiger charge is -2.34. The van der Waals surface area contributed by atoms with Crippen molar-refractivity contribution >= 4 is 17.5 Å². The van der Waals surface area contributed by atoms with E-state index in [0.29, 0.717) is 32.6 Å². The monoisotopic (exact) mass is 345 g/mol. The third kappa shape index (κ3) is 4.80. The van der Waals surface area contributed by atoms with E-state index in [1.54, 1.807) is 24.8 Å². The first-order valence-corrected chi connectivity index (χ1v) is 8.48. The van der Waals surface area contributed by atoms with E-state index in [9.17, 15) is 14.0 Å². The number of nitrogens with zero attached hydrogens (tertiary/aromatic N) is 2. The van der Waals surface area contributed by atoms with Crippen LogP contribution in [0, 0.1) is 24.1 Å². The van der Waals surface area contributed by atoms with E-state index in [-0.39, 0.29) is 23.1 Å². The Morgan fingerprint density at radius 3 is 2.56 bits per heavy atom. The molecule has 25 heavy (non-hydrogen) atoms. The lowest BCUT2D eigenvalue weighted by Crippen LogP contribution is -2.49. The SMILES string of the molecule is C#CCCN1CCN(C(=O)c2c(F)cccc2NC(=O)C(C)C)CC1. The highest BCUT2D eigenvalue weighted by Crippen LogP contribution is 2.22. The Balaban J connectivity index is 2.12. The molecular formula is C19H24FN3O2. The van der Waals surface area contributed by atoms with Crippen LogP contribution in [0.5, 0.6) is 0 Å². The fourth-order valence-corrected chi connectivity index (χ4v) is 2.68. The van der Waals surface area contributed by atoms with Gasteiger partial charge in [0.05, 0.1) is 11.3 Å². The van der Waals surface area contributed by atoms with E-state index >= 15 is 0 Å². The Kier molecular flexibility index (Phi) is 6.54. The number of amides is 2. The second-order valence-corrected chi connectivity index (χ2v) is 6.39. The van der Waals surface area contributed by atoms with Crippen molar-refractivity contribution in [3.8, 4) is 12.3 Å². The molecule has 1 fully saturated rings. The van der Waals surface area contributed by atoms with Gasteiger partial charge in [-0.3, -0.25) is 14.5 Å². The molecular weight excluding hydrogens is 321 g/mol. The normalized spacial score (nSPS) is 15.1. The van der Waals surface area contributed by atoms with Crippen LogP contribution < -0.4 is 5.32 Å². The van der Waals surface area contributed by atoms with Gasteiger partial charge >= 0.3 is 0 Å². The van der Waals surface area contributed by atoms with E-state index < -0.39 is 11.7 Å². The molecule has 0 spiro atoms. The number of hydrogen-bond donors (Lipinski definition) is 1. The maximum Gasteiger partial charge on any atom is 0.259 e. The number of anilines is 1. The number of hydrogen-bond acceptors (Lipinski definition) is 3. The maximum atomic E-state index is 14.3. The molecule has 5 nitrogen and oxygen atoms in total. The van der Waals surface area contributed by atoms with Gasteiger partial charge in [0.25, 0.3) is 5.91 Å². The van der Waals surface area contributed by atoms with Crippen molar-refractivity contribution in [2.45, 2.75) is 20.3 Å². The summed E-state index contributed by atoms with van der Waals surface area (Å²) in [5.41, 5.74) is 0.145. The van der Waals surface area contributed by atoms with Gasteiger partial charge in [0.1, 0.15) is 5.82 Å². The molecule has 6 heteroatoms. The van der Waals surface area contributed by atoms with E-state index in [4.69, 9.17) is 6.42 Å². The molecule has 1 aromatic rings. The standard InChI is InChI=1S/C19H24FN3O2/c1-4-5-9-22-10-12-23(13-11-22)19(25)17-15(20)7-6-8-16(17)21-18(24)14(2)3/h1,6-8,14H,5,9-13H2,2-3H3,(H,21,24). The number of piperazine rings is 1. The first-order chi connectivity index (χ1) is 11.9. The van der Waals surface area contributed by atoms with Crippen molar-refractivity contribution in [2.75, 3.05) is 38.0 Å². The molecule has 1 aromatic carbocycles. The number of halogens is 1. The topological polar surface area (TPSA) is 52.6 Å². The predicted octanol–water partition coefficient (Wildman–Crippen LogP) is 2.20. The summed E-state index contributed by atoms with van der Waals surface area (Å²) < 4.78 is 14.3. The molecule has 0 unspecified atom stereocenters. The first kappa shape index (κ1) is 18.9. The van der Waals surface area contributed by atoms with Crippen LogP contribution in [-0.4, -0.2) is 54.3 Å². The number of rotatable bonds is 5. The highest BCUT2D eigenvalue weighted by atomic mass is 19.1. The molecule has 2 amide bonds. The number of carbonyl (C=O) groups is 2. The van der Waals surface area contributed by atoms with Gasteiger partial charge in [-0.1, -0.05) is 19.9 Å². The minimum Gasteiger partial charge on any atom is -0.336 e. The van der Waals surface area contributed by atoms with Crippen molar-refractivity contribution < 1.29 is 14.0 Å². The van der Waals surface area contributed by atoms with Crippen molar-refractivity contribution in [3.63, 3.8) is 0 Å². The summed E-state index contributed by atoms with van der Waals surface area (Å²) in [6.45, 7) is 6.71. The lowest BCUT2D eigenvalue weighted by atomic mass is 10.1. The van der Waals surface area contributed by atoms with Crippen LogP contribution in [0.3, 0.4) is 0 Å². The fourth-order valence-electron chi connectivity index (χ4n) is 2.68. The third-order valence-corrected chi connectivity index (χ3v) is 4.24. The minimum atomic E-state index is -0.624. The minimum absolute atomic E-state index is 0.0754. The summed E-state index contributed by atoms with van der Waals surface area (Å²) in [7, 11) is 0. The zero-order valence-corrected chi connectivity index (χ0v) is 14.7. The Morgan fingerprint density at radius 1 is 1.28 bits per heavy atom.